The molecular weight excluding hydrogens is 52.0 g/mol. The van der Waals surface area contributed by atoms with Crippen LogP contribution in [0.4, 0.5) is 0 Å². The van der Waals surface area contributed by atoms with E-state index in [0.717, 1.165) is 0 Å². The number of rotatable bonds is 1. The highest BCUT2D eigenvalue weighted by Gasteiger charge is 1.52. The van der Waals surface area contributed by atoms with Crippen molar-refractivity contribution in [3.63, 3.8) is 0 Å². The highest BCUT2D eigenvalue weighted by Crippen LogP contribution is 1.53. The van der Waals surface area contributed by atoms with Crippen LogP contribution in [-0.4, -0.2) is 6.29 Å². The molecule has 0 aliphatic rings. The summed E-state index contributed by atoms with van der Waals surface area (Å²) in [7, 11) is 0. The van der Waals surface area contributed by atoms with Crippen molar-refractivity contribution < 1.29 is 10.3 Å². The van der Waals surface area contributed by atoms with Gasteiger partial charge in [-0.3, -0.25) is 0 Å². The minimum absolute atomic E-state index is 0.0301. The number of aldehydes is 1. The topological polar surface area (TPSA) is 17.1 Å². The zero-order chi connectivity index (χ0) is 6.78. The van der Waals surface area contributed by atoms with E-state index < -0.39 is 13.2 Å². The zero-order valence-corrected chi connectivity index (χ0v) is 2.06. The second-order valence-corrected chi connectivity index (χ2v) is 0.285. The SMILES string of the molecule is [2H]C([2H])C([2H])([2H])C=O. The lowest BCUT2D eigenvalue weighted by Crippen LogP contribution is -1.55. The van der Waals surface area contributed by atoms with Gasteiger partial charge in [-0.2, -0.15) is 0 Å². The van der Waals surface area contributed by atoms with Crippen molar-refractivity contribution in [2.24, 2.45) is 0 Å². The van der Waals surface area contributed by atoms with Crippen LogP contribution in [0, 0.1) is 0 Å². The Balaban J connectivity index is 3.90. The highest BCUT2D eigenvalue weighted by atomic mass is 16.1. The molecule has 0 unspecified atom stereocenters. The summed E-state index contributed by atoms with van der Waals surface area (Å²) in [6, 6.07) is 0. The third kappa shape index (κ3) is 1.67. The van der Waals surface area contributed by atoms with E-state index in [-0.39, 0.29) is 6.29 Å². The Labute approximate surface area is 31.3 Å². The molecule has 0 spiro atoms. The monoisotopic (exact) mass is 62.1 g/mol. The van der Waals surface area contributed by atoms with E-state index in [1.807, 2.05) is 0 Å². The lowest BCUT2D eigenvalue weighted by Gasteiger charge is -1.51. The number of carbonyl (C=O) groups excluding carboxylic acids is 1. The summed E-state index contributed by atoms with van der Waals surface area (Å²) in [5, 5.41) is 0. The Morgan fingerprint density at radius 1 is 2.75 bits per heavy atom. The van der Waals surface area contributed by atoms with Crippen molar-refractivity contribution in [1.29, 1.82) is 0 Å². The van der Waals surface area contributed by atoms with Crippen LogP contribution in [0.2, 0.25) is 0 Å². The molecule has 0 N–H and O–H groups in total. The summed E-state index contributed by atoms with van der Waals surface area (Å²) in [4.78, 5) is 9.65. The second kappa shape index (κ2) is 2.67. The number of hydrogen-bond acceptors (Lipinski definition) is 1. The summed E-state index contributed by atoms with van der Waals surface area (Å²) in [6.07, 6.45) is -2.34. The molecule has 0 aliphatic heterocycles. The minimum atomic E-state index is -2.31. The van der Waals surface area contributed by atoms with Crippen molar-refractivity contribution >= 4 is 6.29 Å². The first-order valence-electron chi connectivity index (χ1n) is 2.97. The maximum Gasteiger partial charge on any atom is 0.119 e. The third-order valence-electron chi connectivity index (χ3n) is 0.0680. The summed E-state index contributed by atoms with van der Waals surface area (Å²) in [6.45, 7) is -1.72. The molecule has 24 valence electrons. The van der Waals surface area contributed by atoms with Crippen LogP contribution in [0.3, 0.4) is 0 Å². The maximum absolute atomic E-state index is 9.65. The van der Waals surface area contributed by atoms with E-state index in [9.17, 15) is 4.79 Å². The average Bonchev–Trinajstić information content (AvgIpc) is 1.67. The molecule has 0 aromatic carbocycles. The van der Waals surface area contributed by atoms with Crippen molar-refractivity contribution in [2.45, 2.75) is 13.2 Å². The molecule has 0 atom stereocenters. The zero-order valence-electron chi connectivity index (χ0n) is 6.06. The van der Waals surface area contributed by atoms with E-state index in [0.29, 0.717) is 0 Å². The molecule has 0 radical (unpaired) electrons. The van der Waals surface area contributed by atoms with Gasteiger partial charge in [-0.15, -0.1) is 0 Å². The summed E-state index contributed by atoms with van der Waals surface area (Å²) < 4.78 is 26.0. The van der Waals surface area contributed by atoms with Crippen LogP contribution in [0.5, 0.6) is 0 Å². The van der Waals surface area contributed by atoms with Crippen LogP contribution < -0.4 is 0 Å². The Hall–Kier alpha value is -0.330. The lowest BCUT2D eigenvalue weighted by molar-refractivity contribution is -0.107. The molecule has 4 heavy (non-hydrogen) atoms. The predicted octanol–water partition coefficient (Wildman–Crippen LogP) is 0.595. The second-order valence-electron chi connectivity index (χ2n) is 0.285. The van der Waals surface area contributed by atoms with Crippen LogP contribution in [0.1, 0.15) is 18.7 Å². The van der Waals surface area contributed by atoms with Gasteiger partial charge in [0.1, 0.15) is 6.29 Å². The molecule has 0 aromatic heterocycles. The molecular formula is C3H6O. The standard InChI is InChI=1S/C3H6O/c1-2-3-4/h3H,2H2,1H3/i1D2,2D2. The van der Waals surface area contributed by atoms with Gasteiger partial charge < -0.3 is 4.79 Å². The normalized spacial score (nSPS) is 25.2. The fourth-order valence-corrected chi connectivity index (χ4v) is 0. The van der Waals surface area contributed by atoms with E-state index in [4.69, 9.17) is 5.48 Å². The molecule has 1 nitrogen and oxygen atoms in total. The molecule has 0 aromatic rings. The Bertz CT molecular complexity index is 89.3. The van der Waals surface area contributed by atoms with E-state index >= 15 is 0 Å². The van der Waals surface area contributed by atoms with Gasteiger partial charge in [0.05, 0.1) is 0 Å². The molecule has 0 bridgehead atoms. The first kappa shape index (κ1) is 0.588. The number of carbonyl (C=O) groups is 1. The molecule has 0 aliphatic carbocycles. The summed E-state index contributed by atoms with van der Waals surface area (Å²) in [5.41, 5.74) is 0. The van der Waals surface area contributed by atoms with Crippen molar-refractivity contribution in [3.05, 3.63) is 0 Å². The molecule has 0 rings (SSSR count). The quantitative estimate of drug-likeness (QED) is 0.406. The van der Waals surface area contributed by atoms with Crippen molar-refractivity contribution in [2.75, 3.05) is 0 Å². The van der Waals surface area contributed by atoms with Gasteiger partial charge in [0.15, 0.2) is 0 Å². The van der Waals surface area contributed by atoms with E-state index in [2.05, 4.69) is 0 Å². The largest absolute Gasteiger partial charge is 0.303 e. The molecule has 1 heteroatoms. The Morgan fingerprint density at radius 2 is 3.50 bits per heavy atom. The average molecular weight is 62.1 g/mol. The van der Waals surface area contributed by atoms with Gasteiger partial charge in [0.25, 0.3) is 0 Å². The van der Waals surface area contributed by atoms with Crippen molar-refractivity contribution in [1.82, 2.24) is 0 Å². The third-order valence-corrected chi connectivity index (χ3v) is 0.0680. The highest BCUT2D eigenvalue weighted by molar-refractivity contribution is 5.48. The summed E-state index contributed by atoms with van der Waals surface area (Å²) >= 11 is 0. The van der Waals surface area contributed by atoms with Crippen molar-refractivity contribution in [3.8, 4) is 0 Å². The molecule has 0 amide bonds. The fourth-order valence-electron chi connectivity index (χ4n) is 0. The minimum Gasteiger partial charge on any atom is -0.303 e. The van der Waals surface area contributed by atoms with E-state index in [1.165, 1.54) is 0 Å². The molecule has 0 saturated heterocycles. The van der Waals surface area contributed by atoms with Gasteiger partial charge in [0.2, 0.25) is 0 Å². The smallest absolute Gasteiger partial charge is 0.119 e. The Kier molecular flexibility index (Phi) is 0.393. The van der Waals surface area contributed by atoms with Gasteiger partial charge in [-0.05, 0) is 0 Å². The molecule has 0 saturated carbocycles. The first-order valence-corrected chi connectivity index (χ1v) is 0.813. The van der Waals surface area contributed by atoms with Crippen LogP contribution in [0.15, 0.2) is 0 Å². The molecule has 0 fully saturated rings. The maximum atomic E-state index is 9.65. The van der Waals surface area contributed by atoms with Gasteiger partial charge in [-0.1, -0.05) is 6.88 Å². The lowest BCUT2D eigenvalue weighted by atomic mass is 10.6. The van der Waals surface area contributed by atoms with Gasteiger partial charge in [-0.25, -0.2) is 0 Å². The van der Waals surface area contributed by atoms with E-state index in [1.54, 1.807) is 0 Å². The first-order chi connectivity index (χ1) is 3.50. The predicted molar refractivity (Wildman–Crippen MR) is 16.4 cm³/mol. The number of hydrogen-bond donors (Lipinski definition) is 0. The van der Waals surface area contributed by atoms with Gasteiger partial charge >= 0.3 is 0 Å². The summed E-state index contributed by atoms with van der Waals surface area (Å²) in [5.74, 6) is 0. The van der Waals surface area contributed by atoms with Crippen LogP contribution in [-0.2, 0) is 4.79 Å². The Morgan fingerprint density at radius 3 is 3.50 bits per heavy atom. The molecule has 0 heterocycles. The van der Waals surface area contributed by atoms with Gasteiger partial charge in [0, 0.05) is 11.9 Å². The van der Waals surface area contributed by atoms with Crippen LogP contribution >= 0.6 is 0 Å². The fraction of sp³-hybridized carbons (Fsp3) is 0.667. The van der Waals surface area contributed by atoms with Crippen LogP contribution in [0.25, 0.3) is 0 Å².